The number of fused-ring (bicyclic) bond motifs is 2. The number of rotatable bonds is 2. The molecule has 2 atom stereocenters. The van der Waals surface area contributed by atoms with Crippen LogP contribution in [0.1, 0.15) is 35.6 Å². The van der Waals surface area contributed by atoms with Gasteiger partial charge in [0, 0.05) is 35.9 Å². The van der Waals surface area contributed by atoms with E-state index >= 15 is 0 Å². The first-order valence-electron chi connectivity index (χ1n) is 9.68. The van der Waals surface area contributed by atoms with Crippen molar-refractivity contribution in [2.75, 3.05) is 18.4 Å². The van der Waals surface area contributed by atoms with Gasteiger partial charge in [-0.3, -0.25) is 14.8 Å². The van der Waals surface area contributed by atoms with Crippen LogP contribution in [0.2, 0.25) is 0 Å². The van der Waals surface area contributed by atoms with Crippen molar-refractivity contribution in [2.24, 2.45) is 4.99 Å². The number of benzene rings is 1. The summed E-state index contributed by atoms with van der Waals surface area (Å²) < 4.78 is 11.2. The maximum atomic E-state index is 13.0. The fraction of sp³-hybridized carbons (Fsp3) is 0.333. The third-order valence-corrected chi connectivity index (χ3v) is 5.98. The average Bonchev–Trinajstić information content (AvgIpc) is 3.31. The number of anilines is 1. The van der Waals surface area contributed by atoms with Crippen molar-refractivity contribution in [2.45, 2.75) is 32.6 Å². The third-order valence-electron chi connectivity index (χ3n) is 5.17. The number of hydrogen-bond donors (Lipinski definition) is 1. The van der Waals surface area contributed by atoms with Crippen molar-refractivity contribution >= 4 is 39.0 Å². The minimum Gasteiger partial charge on any atom is -0.372 e. The SMILES string of the molecule is CC1CN(C(=O)c2nsc3cc(NC4=NCc5cccnc54)ccc23)CC(C)O1. The lowest BCUT2D eigenvalue weighted by Crippen LogP contribution is -2.48. The molecule has 1 saturated heterocycles. The highest BCUT2D eigenvalue weighted by molar-refractivity contribution is 7.13. The Balaban J connectivity index is 1.39. The van der Waals surface area contributed by atoms with Crippen LogP contribution in [0.25, 0.3) is 10.1 Å². The number of nitrogens with zero attached hydrogens (tertiary/aromatic N) is 4. The predicted molar refractivity (Wildman–Crippen MR) is 114 cm³/mol. The van der Waals surface area contributed by atoms with E-state index in [0.717, 1.165) is 32.9 Å². The molecule has 3 aromatic rings. The van der Waals surface area contributed by atoms with Crippen LogP contribution < -0.4 is 5.32 Å². The van der Waals surface area contributed by atoms with Gasteiger partial charge in [-0.1, -0.05) is 6.07 Å². The standard InChI is InChI=1S/C21H21N5O2S/c1-12-10-26(11-13(2)28-12)21(27)19-16-6-5-15(8-17(16)29-25-19)24-20-18-14(9-23-20)4-3-7-22-18/h3-8,12-13H,9-11H2,1-2H3,(H,23,24). The number of morpholine rings is 1. The van der Waals surface area contributed by atoms with Crippen LogP contribution >= 0.6 is 11.5 Å². The second-order valence-corrected chi connectivity index (χ2v) is 8.32. The van der Waals surface area contributed by atoms with Crippen LogP contribution in [0.15, 0.2) is 41.5 Å². The summed E-state index contributed by atoms with van der Waals surface area (Å²) in [5.74, 6) is 0.745. The zero-order valence-corrected chi connectivity index (χ0v) is 17.1. The summed E-state index contributed by atoms with van der Waals surface area (Å²) in [5, 5.41) is 4.24. The van der Waals surface area contributed by atoms with Crippen LogP contribution in [0.3, 0.4) is 0 Å². The van der Waals surface area contributed by atoms with E-state index in [4.69, 9.17) is 4.74 Å². The fourth-order valence-corrected chi connectivity index (χ4v) is 4.73. The maximum absolute atomic E-state index is 13.0. The van der Waals surface area contributed by atoms with E-state index in [2.05, 4.69) is 19.7 Å². The summed E-state index contributed by atoms with van der Waals surface area (Å²) in [5.41, 5.74) is 3.44. The molecule has 29 heavy (non-hydrogen) atoms. The number of carbonyl (C=O) groups excluding carboxylic acids is 1. The Kier molecular flexibility index (Phi) is 4.52. The quantitative estimate of drug-likeness (QED) is 0.705. The highest BCUT2D eigenvalue weighted by Gasteiger charge is 2.29. The molecule has 5 rings (SSSR count). The molecule has 1 fully saturated rings. The number of amides is 1. The van der Waals surface area contributed by atoms with Gasteiger partial charge in [0.15, 0.2) is 5.84 Å². The predicted octanol–water partition coefficient (Wildman–Crippen LogP) is 3.31. The van der Waals surface area contributed by atoms with E-state index in [9.17, 15) is 4.79 Å². The Hall–Kier alpha value is -2.84. The summed E-state index contributed by atoms with van der Waals surface area (Å²) in [6.45, 7) is 5.81. The Bertz CT molecular complexity index is 1120. The topological polar surface area (TPSA) is 79.7 Å². The van der Waals surface area contributed by atoms with E-state index in [1.807, 2.05) is 49.1 Å². The summed E-state index contributed by atoms with van der Waals surface area (Å²) in [6.07, 6.45) is 1.85. The number of amidine groups is 1. The maximum Gasteiger partial charge on any atom is 0.274 e. The van der Waals surface area contributed by atoms with Gasteiger partial charge in [-0.15, -0.1) is 0 Å². The van der Waals surface area contributed by atoms with Gasteiger partial charge in [0.2, 0.25) is 0 Å². The molecule has 0 aliphatic carbocycles. The number of ether oxygens (including phenoxy) is 1. The summed E-state index contributed by atoms with van der Waals surface area (Å²) in [7, 11) is 0. The third kappa shape index (κ3) is 3.38. The number of carbonyl (C=O) groups is 1. The van der Waals surface area contributed by atoms with Gasteiger partial charge in [-0.2, -0.15) is 4.37 Å². The molecule has 1 amide bonds. The van der Waals surface area contributed by atoms with Crippen LogP contribution in [0, 0.1) is 0 Å². The van der Waals surface area contributed by atoms with Crippen molar-refractivity contribution in [1.29, 1.82) is 0 Å². The molecule has 0 saturated carbocycles. The molecule has 2 aliphatic heterocycles. The van der Waals surface area contributed by atoms with E-state index in [1.54, 1.807) is 6.20 Å². The first kappa shape index (κ1) is 18.2. The van der Waals surface area contributed by atoms with Crippen LogP contribution in [-0.4, -0.2) is 51.3 Å². The second kappa shape index (κ2) is 7.20. The minimum atomic E-state index is -0.0303. The molecule has 2 aromatic heterocycles. The van der Waals surface area contributed by atoms with Crippen LogP contribution in [0.4, 0.5) is 5.69 Å². The Morgan fingerprint density at radius 2 is 2.07 bits per heavy atom. The number of aromatic nitrogens is 2. The normalized spacial score (nSPS) is 21.2. The van der Waals surface area contributed by atoms with Gasteiger partial charge in [0.1, 0.15) is 11.4 Å². The highest BCUT2D eigenvalue weighted by atomic mass is 32.1. The number of pyridine rings is 1. The van der Waals surface area contributed by atoms with Crippen LogP contribution in [0.5, 0.6) is 0 Å². The Labute approximate surface area is 172 Å². The van der Waals surface area contributed by atoms with Crippen molar-refractivity contribution in [1.82, 2.24) is 14.3 Å². The first-order chi connectivity index (χ1) is 14.1. The first-order valence-corrected chi connectivity index (χ1v) is 10.5. The monoisotopic (exact) mass is 407 g/mol. The molecule has 0 spiro atoms. The second-order valence-electron chi connectivity index (χ2n) is 7.51. The Morgan fingerprint density at radius 1 is 1.24 bits per heavy atom. The number of nitrogens with one attached hydrogen (secondary N) is 1. The smallest absolute Gasteiger partial charge is 0.274 e. The molecule has 8 heteroatoms. The summed E-state index contributed by atoms with van der Waals surface area (Å²) >= 11 is 1.34. The molecule has 2 unspecified atom stereocenters. The van der Waals surface area contributed by atoms with Gasteiger partial charge in [-0.05, 0) is 49.6 Å². The van der Waals surface area contributed by atoms with Crippen molar-refractivity contribution < 1.29 is 9.53 Å². The van der Waals surface area contributed by atoms with E-state index in [1.165, 1.54) is 11.5 Å². The van der Waals surface area contributed by atoms with Gasteiger partial charge in [-0.25, -0.2) is 0 Å². The lowest BCUT2D eigenvalue weighted by molar-refractivity contribution is -0.0586. The fourth-order valence-electron chi connectivity index (χ4n) is 3.92. The molecule has 7 nitrogen and oxygen atoms in total. The number of hydrogen-bond acceptors (Lipinski definition) is 7. The zero-order valence-electron chi connectivity index (χ0n) is 16.3. The van der Waals surface area contributed by atoms with E-state index < -0.39 is 0 Å². The largest absolute Gasteiger partial charge is 0.372 e. The van der Waals surface area contributed by atoms with Crippen molar-refractivity contribution in [3.63, 3.8) is 0 Å². The zero-order chi connectivity index (χ0) is 20.0. The highest BCUT2D eigenvalue weighted by Crippen LogP contribution is 2.28. The molecule has 1 aromatic carbocycles. The molecule has 1 N–H and O–H groups in total. The molecule has 0 bridgehead atoms. The van der Waals surface area contributed by atoms with Crippen molar-refractivity contribution in [3.05, 3.63) is 53.5 Å². The molecule has 2 aliphatic rings. The molecule has 4 heterocycles. The molecule has 148 valence electrons. The lowest BCUT2D eigenvalue weighted by Gasteiger charge is -2.35. The van der Waals surface area contributed by atoms with E-state index in [-0.39, 0.29) is 18.1 Å². The summed E-state index contributed by atoms with van der Waals surface area (Å²) in [4.78, 5) is 23.9. The molecular formula is C21H21N5O2S. The minimum absolute atomic E-state index is 0.0303. The summed E-state index contributed by atoms with van der Waals surface area (Å²) in [6, 6.07) is 9.89. The van der Waals surface area contributed by atoms with E-state index in [0.29, 0.717) is 25.3 Å². The average molecular weight is 407 g/mol. The number of aliphatic imine (C=N–C) groups is 1. The lowest BCUT2D eigenvalue weighted by atomic mass is 10.1. The molecule has 0 radical (unpaired) electrons. The van der Waals surface area contributed by atoms with Gasteiger partial charge in [0.25, 0.3) is 5.91 Å². The molecular weight excluding hydrogens is 386 g/mol. The van der Waals surface area contributed by atoms with Gasteiger partial charge >= 0.3 is 0 Å². The van der Waals surface area contributed by atoms with Gasteiger partial charge < -0.3 is 15.0 Å². The van der Waals surface area contributed by atoms with Gasteiger partial charge in [0.05, 0.1) is 23.5 Å². The van der Waals surface area contributed by atoms with Crippen LogP contribution in [-0.2, 0) is 11.3 Å². The Morgan fingerprint density at radius 3 is 2.90 bits per heavy atom. The van der Waals surface area contributed by atoms with Crippen molar-refractivity contribution in [3.8, 4) is 0 Å².